The first-order chi connectivity index (χ1) is 8.72. The Kier molecular flexibility index (Phi) is 2.58. The smallest absolute Gasteiger partial charge is 0.354 e. The van der Waals surface area contributed by atoms with E-state index in [4.69, 9.17) is 4.74 Å². The summed E-state index contributed by atoms with van der Waals surface area (Å²) in [6, 6.07) is 6.03. The predicted molar refractivity (Wildman–Crippen MR) is 68.5 cm³/mol. The molecule has 1 aliphatic rings. The fourth-order valence-corrected chi connectivity index (χ4v) is 2.52. The van der Waals surface area contributed by atoms with E-state index in [0.717, 1.165) is 11.0 Å². The number of fused-ring (bicyclic) bond motifs is 1. The molecule has 2 aromatic heterocycles. The second kappa shape index (κ2) is 4.12. The summed E-state index contributed by atoms with van der Waals surface area (Å²) in [6.07, 6.45) is 4.22. The van der Waals surface area contributed by atoms with Crippen LogP contribution in [0.25, 0.3) is 11.0 Å². The molecule has 0 saturated heterocycles. The number of nitrogens with zero attached hydrogens (tertiary/aromatic N) is 2. The highest BCUT2D eigenvalue weighted by Gasteiger charge is 2.32. The monoisotopic (exact) mass is 244 g/mol. The van der Waals surface area contributed by atoms with Crippen LogP contribution in [0, 0.1) is 5.92 Å². The Morgan fingerprint density at radius 1 is 1.56 bits per heavy atom. The van der Waals surface area contributed by atoms with Crippen molar-refractivity contribution in [2.24, 2.45) is 5.92 Å². The number of rotatable bonds is 3. The van der Waals surface area contributed by atoms with E-state index in [-0.39, 0.29) is 5.97 Å². The minimum Gasteiger partial charge on any atom is -0.464 e. The van der Waals surface area contributed by atoms with Crippen LogP contribution in [0.2, 0.25) is 0 Å². The first-order valence-electron chi connectivity index (χ1n) is 6.26. The molecule has 94 valence electrons. The molecule has 4 heteroatoms. The van der Waals surface area contributed by atoms with Gasteiger partial charge in [-0.25, -0.2) is 9.78 Å². The van der Waals surface area contributed by atoms with Crippen LogP contribution in [0.1, 0.15) is 36.3 Å². The molecule has 1 fully saturated rings. The van der Waals surface area contributed by atoms with Crippen LogP contribution >= 0.6 is 0 Å². The van der Waals surface area contributed by atoms with Crippen LogP contribution < -0.4 is 0 Å². The van der Waals surface area contributed by atoms with Crippen LogP contribution in [0.4, 0.5) is 0 Å². The lowest BCUT2D eigenvalue weighted by atomic mass is 10.2. The SMILES string of the molecule is COC(=O)c1cc2cccnc2n1C(C)C1CC1. The number of esters is 1. The first kappa shape index (κ1) is 11.3. The molecule has 0 amide bonds. The van der Waals surface area contributed by atoms with Crippen LogP contribution in [0.3, 0.4) is 0 Å². The molecule has 0 aliphatic heterocycles. The highest BCUT2D eigenvalue weighted by atomic mass is 16.5. The van der Waals surface area contributed by atoms with Crippen LogP contribution in [0.5, 0.6) is 0 Å². The van der Waals surface area contributed by atoms with E-state index < -0.39 is 0 Å². The second-order valence-corrected chi connectivity index (χ2v) is 4.89. The number of aromatic nitrogens is 2. The Morgan fingerprint density at radius 3 is 3.00 bits per heavy atom. The average Bonchev–Trinajstić information content (AvgIpc) is 3.17. The molecule has 1 unspecified atom stereocenters. The predicted octanol–water partition coefficient (Wildman–Crippen LogP) is 2.79. The molecule has 4 nitrogen and oxygen atoms in total. The number of carbonyl (C=O) groups is 1. The Bertz CT molecular complexity index is 599. The third kappa shape index (κ3) is 1.68. The van der Waals surface area contributed by atoms with Crippen LogP contribution in [-0.2, 0) is 4.74 Å². The molecule has 0 N–H and O–H groups in total. The lowest BCUT2D eigenvalue weighted by molar-refractivity contribution is 0.0586. The van der Waals surface area contributed by atoms with Crippen LogP contribution in [-0.4, -0.2) is 22.6 Å². The minimum atomic E-state index is -0.291. The summed E-state index contributed by atoms with van der Waals surface area (Å²) in [7, 11) is 1.42. The van der Waals surface area contributed by atoms with E-state index in [0.29, 0.717) is 17.7 Å². The van der Waals surface area contributed by atoms with Gasteiger partial charge in [0, 0.05) is 17.6 Å². The zero-order valence-corrected chi connectivity index (χ0v) is 10.6. The highest BCUT2D eigenvalue weighted by molar-refractivity contribution is 5.94. The van der Waals surface area contributed by atoms with Crippen molar-refractivity contribution in [2.45, 2.75) is 25.8 Å². The van der Waals surface area contributed by atoms with Gasteiger partial charge < -0.3 is 9.30 Å². The Balaban J connectivity index is 2.20. The van der Waals surface area contributed by atoms with Gasteiger partial charge in [-0.15, -0.1) is 0 Å². The van der Waals surface area contributed by atoms with E-state index in [2.05, 4.69) is 11.9 Å². The van der Waals surface area contributed by atoms with Crippen molar-refractivity contribution >= 4 is 17.0 Å². The van der Waals surface area contributed by atoms with Gasteiger partial charge in [0.1, 0.15) is 11.3 Å². The summed E-state index contributed by atoms with van der Waals surface area (Å²) in [5.41, 5.74) is 1.47. The van der Waals surface area contributed by atoms with Gasteiger partial charge in [0.05, 0.1) is 7.11 Å². The van der Waals surface area contributed by atoms with Crippen molar-refractivity contribution in [3.05, 3.63) is 30.1 Å². The van der Waals surface area contributed by atoms with Gasteiger partial charge in [-0.2, -0.15) is 0 Å². The second-order valence-electron chi connectivity index (χ2n) is 4.89. The van der Waals surface area contributed by atoms with Gasteiger partial charge in [0.25, 0.3) is 0 Å². The standard InChI is InChI=1S/C14H16N2O2/c1-9(10-5-6-10)16-12(14(17)18-2)8-11-4-3-7-15-13(11)16/h3-4,7-10H,5-6H2,1-2H3. The van der Waals surface area contributed by atoms with Crippen LogP contribution in [0.15, 0.2) is 24.4 Å². The molecule has 3 rings (SSSR count). The number of methoxy groups -OCH3 is 1. The van der Waals surface area contributed by atoms with Crippen molar-refractivity contribution in [1.82, 2.24) is 9.55 Å². The summed E-state index contributed by atoms with van der Waals surface area (Å²) < 4.78 is 6.90. The minimum absolute atomic E-state index is 0.291. The van der Waals surface area contributed by atoms with Gasteiger partial charge in [0.2, 0.25) is 0 Å². The zero-order chi connectivity index (χ0) is 12.7. The number of ether oxygens (including phenoxy) is 1. The van der Waals surface area contributed by atoms with E-state index in [1.54, 1.807) is 6.20 Å². The maximum atomic E-state index is 11.9. The van der Waals surface area contributed by atoms with Gasteiger partial charge in [0.15, 0.2) is 0 Å². The van der Waals surface area contributed by atoms with E-state index >= 15 is 0 Å². The number of pyridine rings is 1. The molecular weight excluding hydrogens is 228 g/mol. The molecule has 0 spiro atoms. The number of carbonyl (C=O) groups excluding carboxylic acids is 1. The largest absolute Gasteiger partial charge is 0.464 e. The molecule has 0 aromatic carbocycles. The zero-order valence-electron chi connectivity index (χ0n) is 10.6. The summed E-state index contributed by atoms with van der Waals surface area (Å²) in [5.74, 6) is 0.367. The summed E-state index contributed by atoms with van der Waals surface area (Å²) in [6.45, 7) is 2.15. The highest BCUT2D eigenvalue weighted by Crippen LogP contribution is 2.41. The van der Waals surface area contributed by atoms with Crippen molar-refractivity contribution in [3.63, 3.8) is 0 Å². The normalized spacial score (nSPS) is 16.8. The van der Waals surface area contributed by atoms with E-state index in [1.807, 2.05) is 22.8 Å². The summed E-state index contributed by atoms with van der Waals surface area (Å²) in [4.78, 5) is 16.3. The van der Waals surface area contributed by atoms with Crippen molar-refractivity contribution in [1.29, 1.82) is 0 Å². The number of hydrogen-bond donors (Lipinski definition) is 0. The Morgan fingerprint density at radius 2 is 2.33 bits per heavy atom. The lowest BCUT2D eigenvalue weighted by Crippen LogP contribution is -2.15. The molecular formula is C14H16N2O2. The topological polar surface area (TPSA) is 44.1 Å². The summed E-state index contributed by atoms with van der Waals surface area (Å²) in [5, 5.41) is 0.991. The van der Waals surface area contributed by atoms with E-state index in [9.17, 15) is 4.79 Å². The molecule has 2 heterocycles. The van der Waals surface area contributed by atoms with Gasteiger partial charge in [-0.3, -0.25) is 0 Å². The van der Waals surface area contributed by atoms with Gasteiger partial charge in [-0.1, -0.05) is 0 Å². The maximum Gasteiger partial charge on any atom is 0.354 e. The van der Waals surface area contributed by atoms with Crippen molar-refractivity contribution < 1.29 is 9.53 Å². The first-order valence-corrected chi connectivity index (χ1v) is 6.26. The lowest BCUT2D eigenvalue weighted by Gasteiger charge is -2.16. The fraction of sp³-hybridized carbons (Fsp3) is 0.429. The molecule has 1 saturated carbocycles. The van der Waals surface area contributed by atoms with Crippen molar-refractivity contribution in [2.75, 3.05) is 7.11 Å². The third-order valence-corrected chi connectivity index (χ3v) is 3.70. The third-order valence-electron chi connectivity index (χ3n) is 3.70. The molecule has 1 aliphatic carbocycles. The van der Waals surface area contributed by atoms with E-state index in [1.165, 1.54) is 20.0 Å². The van der Waals surface area contributed by atoms with Gasteiger partial charge in [-0.05, 0) is 43.9 Å². The Hall–Kier alpha value is -1.84. The van der Waals surface area contributed by atoms with Gasteiger partial charge >= 0.3 is 5.97 Å². The quantitative estimate of drug-likeness (QED) is 0.780. The molecule has 18 heavy (non-hydrogen) atoms. The average molecular weight is 244 g/mol. The summed E-state index contributed by atoms with van der Waals surface area (Å²) >= 11 is 0. The Labute approximate surface area is 106 Å². The molecule has 0 radical (unpaired) electrons. The molecule has 0 bridgehead atoms. The molecule has 1 atom stereocenters. The fourth-order valence-electron chi connectivity index (χ4n) is 2.52. The van der Waals surface area contributed by atoms with Crippen molar-refractivity contribution in [3.8, 4) is 0 Å². The molecule has 2 aromatic rings. The number of hydrogen-bond acceptors (Lipinski definition) is 3. The maximum absolute atomic E-state index is 11.9.